The summed E-state index contributed by atoms with van der Waals surface area (Å²) in [5.74, 6) is -0.226. The number of hydrogen-bond acceptors (Lipinski definition) is 6. The first-order valence-electron chi connectivity index (χ1n) is 11.2. The fourth-order valence-corrected chi connectivity index (χ4v) is 7.06. The molecule has 1 amide bonds. The van der Waals surface area contributed by atoms with E-state index in [0.717, 1.165) is 57.4 Å². The quantitative estimate of drug-likeness (QED) is 0.543. The fourth-order valence-electron chi connectivity index (χ4n) is 5.52. The van der Waals surface area contributed by atoms with E-state index in [9.17, 15) is 23.3 Å². The summed E-state index contributed by atoms with van der Waals surface area (Å²) >= 11 is 0. The lowest BCUT2D eigenvalue weighted by Gasteiger charge is -2.34. The minimum absolute atomic E-state index is 0.0121. The Balaban J connectivity index is 1.74. The van der Waals surface area contributed by atoms with E-state index in [1.54, 1.807) is 4.90 Å². The Morgan fingerprint density at radius 2 is 1.74 bits per heavy atom. The Labute approximate surface area is 182 Å². The van der Waals surface area contributed by atoms with Gasteiger partial charge in [0, 0.05) is 25.2 Å². The molecule has 4 rings (SSSR count). The third kappa shape index (κ3) is 4.15. The van der Waals surface area contributed by atoms with Gasteiger partial charge in [0.2, 0.25) is 15.9 Å². The van der Waals surface area contributed by atoms with Crippen molar-refractivity contribution in [1.29, 1.82) is 0 Å². The second-order valence-corrected chi connectivity index (χ2v) is 10.8. The van der Waals surface area contributed by atoms with Gasteiger partial charge in [-0.2, -0.15) is 4.31 Å². The average molecular weight is 451 g/mol. The number of benzene rings is 1. The van der Waals surface area contributed by atoms with E-state index in [4.69, 9.17) is 5.73 Å². The maximum atomic E-state index is 13.2. The van der Waals surface area contributed by atoms with Crippen molar-refractivity contribution in [2.75, 3.05) is 18.0 Å². The molecule has 3 unspecified atom stereocenters. The highest BCUT2D eigenvalue weighted by molar-refractivity contribution is 7.89. The van der Waals surface area contributed by atoms with E-state index in [0.29, 0.717) is 19.5 Å². The van der Waals surface area contributed by atoms with Crippen LogP contribution in [0.3, 0.4) is 0 Å². The summed E-state index contributed by atoms with van der Waals surface area (Å²) in [4.78, 5) is 25.3. The zero-order valence-electron chi connectivity index (χ0n) is 17.6. The predicted molar refractivity (Wildman–Crippen MR) is 116 cm³/mol. The van der Waals surface area contributed by atoms with Crippen LogP contribution in [0.5, 0.6) is 0 Å². The monoisotopic (exact) mass is 450 g/mol. The number of nitro benzene ring substituents is 1. The van der Waals surface area contributed by atoms with Crippen molar-refractivity contribution >= 4 is 27.3 Å². The smallest absolute Gasteiger partial charge is 0.293 e. The number of nitrogens with two attached hydrogens (primary N) is 1. The van der Waals surface area contributed by atoms with Crippen LogP contribution in [-0.4, -0.2) is 48.7 Å². The molecule has 31 heavy (non-hydrogen) atoms. The number of carbonyl (C=O) groups excluding carboxylic acids is 1. The summed E-state index contributed by atoms with van der Waals surface area (Å²) < 4.78 is 27.8. The van der Waals surface area contributed by atoms with Gasteiger partial charge in [-0.05, 0) is 50.2 Å². The van der Waals surface area contributed by atoms with E-state index >= 15 is 0 Å². The standard InChI is InChI=1S/C21H30N4O5S/c22-21(26)20-13-15-7-3-4-8-17(15)24(20)18-10-9-16(14-19(18)25(27)28)31(29,30)23-11-5-1-2-6-12-23/h9-10,14-15,17,20H,1-8,11-13H2,(H2,22,26). The molecule has 1 aromatic carbocycles. The van der Waals surface area contributed by atoms with Crippen LogP contribution in [0, 0.1) is 16.0 Å². The van der Waals surface area contributed by atoms with Gasteiger partial charge in [0.25, 0.3) is 5.69 Å². The summed E-state index contributed by atoms with van der Waals surface area (Å²) in [5.41, 5.74) is 5.67. The van der Waals surface area contributed by atoms with Crippen LogP contribution in [0.15, 0.2) is 23.1 Å². The molecule has 2 heterocycles. The van der Waals surface area contributed by atoms with Crippen molar-refractivity contribution in [3.05, 3.63) is 28.3 Å². The number of carbonyl (C=O) groups is 1. The highest BCUT2D eigenvalue weighted by atomic mass is 32.2. The molecule has 0 bridgehead atoms. The van der Waals surface area contributed by atoms with Crippen molar-refractivity contribution in [2.24, 2.45) is 11.7 Å². The number of nitrogens with zero attached hydrogens (tertiary/aromatic N) is 3. The van der Waals surface area contributed by atoms with E-state index in [1.165, 1.54) is 16.4 Å². The first-order valence-corrected chi connectivity index (χ1v) is 12.6. The molecular formula is C21H30N4O5S. The third-order valence-corrected chi connectivity index (χ3v) is 8.94. The summed E-state index contributed by atoms with van der Waals surface area (Å²) in [6.45, 7) is 0.856. The zero-order chi connectivity index (χ0) is 22.2. The first-order chi connectivity index (χ1) is 14.8. The summed E-state index contributed by atoms with van der Waals surface area (Å²) in [7, 11) is -3.82. The van der Waals surface area contributed by atoms with Crippen molar-refractivity contribution in [3.8, 4) is 0 Å². The maximum absolute atomic E-state index is 13.2. The molecular weight excluding hydrogens is 420 g/mol. The van der Waals surface area contributed by atoms with E-state index in [2.05, 4.69) is 0 Å². The zero-order valence-corrected chi connectivity index (χ0v) is 18.4. The lowest BCUT2D eigenvalue weighted by atomic mass is 9.84. The molecule has 2 saturated heterocycles. The largest absolute Gasteiger partial charge is 0.368 e. The third-order valence-electron chi connectivity index (χ3n) is 7.04. The van der Waals surface area contributed by atoms with Crippen molar-refractivity contribution in [3.63, 3.8) is 0 Å². The number of sulfonamides is 1. The van der Waals surface area contributed by atoms with Crippen molar-refractivity contribution < 1.29 is 18.1 Å². The molecule has 2 aliphatic heterocycles. The average Bonchev–Trinajstić information content (AvgIpc) is 2.92. The minimum Gasteiger partial charge on any atom is -0.368 e. The van der Waals surface area contributed by atoms with Gasteiger partial charge in [0.1, 0.15) is 11.7 Å². The number of rotatable bonds is 5. The lowest BCUT2D eigenvalue weighted by molar-refractivity contribution is -0.384. The second kappa shape index (κ2) is 8.74. The molecule has 1 aliphatic carbocycles. The van der Waals surface area contributed by atoms with E-state index in [-0.39, 0.29) is 28.2 Å². The van der Waals surface area contributed by atoms with Gasteiger partial charge in [0.15, 0.2) is 0 Å². The molecule has 0 radical (unpaired) electrons. The van der Waals surface area contributed by atoms with Crippen LogP contribution in [0.4, 0.5) is 11.4 Å². The predicted octanol–water partition coefficient (Wildman–Crippen LogP) is 2.78. The van der Waals surface area contributed by atoms with Gasteiger partial charge in [0.05, 0.1) is 9.82 Å². The Morgan fingerprint density at radius 3 is 2.39 bits per heavy atom. The van der Waals surface area contributed by atoms with Crippen LogP contribution in [0.25, 0.3) is 0 Å². The van der Waals surface area contributed by atoms with Gasteiger partial charge in [-0.1, -0.05) is 25.7 Å². The highest BCUT2D eigenvalue weighted by Gasteiger charge is 2.46. The van der Waals surface area contributed by atoms with E-state index < -0.39 is 26.9 Å². The molecule has 3 atom stereocenters. The van der Waals surface area contributed by atoms with Crippen molar-refractivity contribution in [1.82, 2.24) is 4.31 Å². The Bertz CT molecular complexity index is 959. The Hall–Kier alpha value is -2.20. The molecule has 10 heteroatoms. The summed E-state index contributed by atoms with van der Waals surface area (Å²) in [6.07, 6.45) is 8.03. The number of hydrogen-bond donors (Lipinski definition) is 1. The molecule has 0 spiro atoms. The molecule has 0 aromatic heterocycles. The minimum atomic E-state index is -3.82. The van der Waals surface area contributed by atoms with Gasteiger partial charge in [-0.15, -0.1) is 0 Å². The molecule has 3 fully saturated rings. The van der Waals surface area contributed by atoms with Crippen LogP contribution in [-0.2, 0) is 14.8 Å². The van der Waals surface area contributed by atoms with Gasteiger partial charge >= 0.3 is 0 Å². The van der Waals surface area contributed by atoms with Crippen LogP contribution < -0.4 is 10.6 Å². The lowest BCUT2D eigenvalue weighted by Crippen LogP contribution is -2.45. The molecule has 9 nitrogen and oxygen atoms in total. The number of primary amides is 1. The fraction of sp³-hybridized carbons (Fsp3) is 0.667. The number of nitro groups is 1. The van der Waals surface area contributed by atoms with Gasteiger partial charge < -0.3 is 10.6 Å². The SMILES string of the molecule is NC(=O)C1CC2CCCCC2N1c1ccc(S(=O)(=O)N2CCCCCC2)cc1[N+](=O)[O-]. The number of fused-ring (bicyclic) bond motifs is 1. The molecule has 2 N–H and O–H groups in total. The molecule has 1 saturated carbocycles. The normalized spacial score (nSPS) is 27.5. The highest BCUT2D eigenvalue weighted by Crippen LogP contribution is 2.45. The van der Waals surface area contributed by atoms with Gasteiger partial charge in [-0.25, -0.2) is 8.42 Å². The number of anilines is 1. The van der Waals surface area contributed by atoms with Crippen LogP contribution in [0.1, 0.15) is 57.8 Å². The Kier molecular flexibility index (Phi) is 6.20. The maximum Gasteiger partial charge on any atom is 0.293 e. The summed E-state index contributed by atoms with van der Waals surface area (Å²) in [5, 5.41) is 12.0. The van der Waals surface area contributed by atoms with Gasteiger partial charge in [-0.3, -0.25) is 14.9 Å². The van der Waals surface area contributed by atoms with Crippen LogP contribution in [0.2, 0.25) is 0 Å². The van der Waals surface area contributed by atoms with E-state index in [1.807, 2.05) is 0 Å². The molecule has 170 valence electrons. The Morgan fingerprint density at radius 1 is 1.06 bits per heavy atom. The van der Waals surface area contributed by atoms with Crippen LogP contribution >= 0.6 is 0 Å². The molecule has 3 aliphatic rings. The first kappa shape index (κ1) is 22.0. The summed E-state index contributed by atoms with van der Waals surface area (Å²) in [6, 6.07) is 3.49. The topological polar surface area (TPSA) is 127 Å². The molecule has 1 aromatic rings. The van der Waals surface area contributed by atoms with Crippen molar-refractivity contribution in [2.45, 2.75) is 74.8 Å². The second-order valence-electron chi connectivity index (χ2n) is 8.90. The number of amides is 1.